The Morgan fingerprint density at radius 2 is 2.14 bits per heavy atom. The van der Waals surface area contributed by atoms with Crippen molar-refractivity contribution in [3.8, 4) is 5.69 Å². The standard InChI is InChI=1S/C21H25N5O3/c1-13-6-7-18(14(2)9-13)26-20-17(11-23-26)15(3)24-25(21(20)28)12-19(27)22-10-16-5-4-8-29-16/h6-7,9,11,16H,4-5,8,10,12H2,1-3H3,(H,22,27)/t16-/m0/s1. The van der Waals surface area contributed by atoms with E-state index in [0.717, 1.165) is 36.3 Å². The summed E-state index contributed by atoms with van der Waals surface area (Å²) in [6.07, 6.45) is 3.66. The summed E-state index contributed by atoms with van der Waals surface area (Å²) in [6.45, 7) is 6.88. The van der Waals surface area contributed by atoms with E-state index < -0.39 is 0 Å². The number of nitrogens with zero attached hydrogens (tertiary/aromatic N) is 4. The number of fused-ring (bicyclic) bond motifs is 1. The van der Waals surface area contributed by atoms with Crippen molar-refractivity contribution in [2.45, 2.75) is 46.3 Å². The molecule has 0 spiro atoms. The Kier molecular flexibility index (Phi) is 5.19. The number of aryl methyl sites for hydroxylation is 3. The number of nitrogens with one attached hydrogen (secondary N) is 1. The predicted molar refractivity (Wildman–Crippen MR) is 109 cm³/mol. The Morgan fingerprint density at radius 1 is 1.31 bits per heavy atom. The summed E-state index contributed by atoms with van der Waals surface area (Å²) in [5.74, 6) is -0.258. The first-order chi connectivity index (χ1) is 13.9. The number of benzene rings is 1. The SMILES string of the molecule is Cc1ccc(-n2ncc3c(C)nn(CC(=O)NC[C@@H]4CCCO4)c(=O)c32)c(C)c1. The summed E-state index contributed by atoms with van der Waals surface area (Å²) in [4.78, 5) is 25.5. The van der Waals surface area contributed by atoms with Crippen LogP contribution in [0.3, 0.4) is 0 Å². The normalized spacial score (nSPS) is 16.4. The van der Waals surface area contributed by atoms with Gasteiger partial charge in [-0.15, -0.1) is 0 Å². The fourth-order valence-corrected chi connectivity index (χ4v) is 3.78. The second-order valence-electron chi connectivity index (χ2n) is 7.60. The fraction of sp³-hybridized carbons (Fsp3) is 0.429. The first kappa shape index (κ1) is 19.3. The summed E-state index contributed by atoms with van der Waals surface area (Å²) in [5.41, 5.74) is 3.74. The van der Waals surface area contributed by atoms with Gasteiger partial charge in [-0.25, -0.2) is 9.36 Å². The highest BCUT2D eigenvalue weighted by molar-refractivity contribution is 5.82. The van der Waals surface area contributed by atoms with Crippen LogP contribution in [0.15, 0.2) is 29.2 Å². The Hall–Kier alpha value is -3.00. The first-order valence-electron chi connectivity index (χ1n) is 9.85. The number of carbonyl (C=O) groups is 1. The van der Waals surface area contributed by atoms with E-state index in [-0.39, 0.29) is 24.1 Å². The summed E-state index contributed by atoms with van der Waals surface area (Å²) < 4.78 is 8.37. The van der Waals surface area contributed by atoms with Crippen molar-refractivity contribution in [3.63, 3.8) is 0 Å². The van der Waals surface area contributed by atoms with Gasteiger partial charge in [-0.3, -0.25) is 9.59 Å². The van der Waals surface area contributed by atoms with Crippen LogP contribution in [-0.4, -0.2) is 44.7 Å². The molecule has 1 aliphatic heterocycles. The maximum Gasteiger partial charge on any atom is 0.293 e. The summed E-state index contributed by atoms with van der Waals surface area (Å²) in [6, 6.07) is 5.99. The number of hydrogen-bond acceptors (Lipinski definition) is 5. The molecular formula is C21H25N5O3. The molecule has 29 heavy (non-hydrogen) atoms. The van der Waals surface area contributed by atoms with Crippen LogP contribution >= 0.6 is 0 Å². The highest BCUT2D eigenvalue weighted by Gasteiger charge is 2.19. The number of ether oxygens (including phenoxy) is 1. The van der Waals surface area contributed by atoms with Crippen LogP contribution in [0, 0.1) is 20.8 Å². The molecule has 1 aliphatic rings. The molecule has 2 aromatic heterocycles. The van der Waals surface area contributed by atoms with Gasteiger partial charge in [-0.05, 0) is 45.2 Å². The lowest BCUT2D eigenvalue weighted by molar-refractivity contribution is -0.122. The van der Waals surface area contributed by atoms with Crippen LogP contribution in [-0.2, 0) is 16.1 Å². The average molecular weight is 395 g/mol. The minimum absolute atomic E-state index is 0.0544. The second kappa shape index (κ2) is 7.79. The van der Waals surface area contributed by atoms with Crippen molar-refractivity contribution in [2.24, 2.45) is 0 Å². The largest absolute Gasteiger partial charge is 0.376 e. The number of carbonyl (C=O) groups excluding carboxylic acids is 1. The smallest absolute Gasteiger partial charge is 0.293 e. The van der Waals surface area contributed by atoms with Crippen LogP contribution in [0.2, 0.25) is 0 Å². The summed E-state index contributed by atoms with van der Waals surface area (Å²) in [7, 11) is 0. The van der Waals surface area contributed by atoms with Crippen LogP contribution in [0.25, 0.3) is 16.6 Å². The monoisotopic (exact) mass is 395 g/mol. The van der Waals surface area contributed by atoms with E-state index in [1.807, 2.05) is 39.0 Å². The molecule has 1 amide bonds. The Balaban J connectivity index is 1.66. The first-order valence-corrected chi connectivity index (χ1v) is 9.85. The molecule has 0 aliphatic carbocycles. The number of hydrogen-bond donors (Lipinski definition) is 1. The van der Waals surface area contributed by atoms with Gasteiger partial charge in [0, 0.05) is 18.5 Å². The minimum atomic E-state index is -0.338. The fourth-order valence-electron chi connectivity index (χ4n) is 3.78. The molecule has 0 saturated carbocycles. The summed E-state index contributed by atoms with van der Waals surface area (Å²) >= 11 is 0. The number of aromatic nitrogens is 4. The van der Waals surface area contributed by atoms with Crippen molar-refractivity contribution in [2.75, 3.05) is 13.2 Å². The molecular weight excluding hydrogens is 370 g/mol. The van der Waals surface area contributed by atoms with E-state index >= 15 is 0 Å². The van der Waals surface area contributed by atoms with Gasteiger partial charge in [-0.2, -0.15) is 10.2 Å². The lowest BCUT2D eigenvalue weighted by Gasteiger charge is -2.12. The van der Waals surface area contributed by atoms with Gasteiger partial charge in [0.25, 0.3) is 5.56 Å². The zero-order chi connectivity index (χ0) is 20.5. The van der Waals surface area contributed by atoms with Crippen molar-refractivity contribution in [1.29, 1.82) is 0 Å². The van der Waals surface area contributed by atoms with E-state index in [1.165, 1.54) is 4.68 Å². The van der Waals surface area contributed by atoms with E-state index in [2.05, 4.69) is 15.5 Å². The third-order valence-electron chi connectivity index (χ3n) is 5.29. The molecule has 8 nitrogen and oxygen atoms in total. The molecule has 0 bridgehead atoms. The maximum atomic E-state index is 13.1. The molecule has 0 radical (unpaired) electrons. The maximum absolute atomic E-state index is 13.1. The van der Waals surface area contributed by atoms with Crippen LogP contribution < -0.4 is 10.9 Å². The molecule has 4 rings (SSSR count). The molecule has 3 heterocycles. The van der Waals surface area contributed by atoms with Gasteiger partial charge in [-0.1, -0.05) is 17.7 Å². The van der Waals surface area contributed by atoms with Crippen molar-refractivity contribution in [1.82, 2.24) is 24.9 Å². The van der Waals surface area contributed by atoms with Crippen molar-refractivity contribution < 1.29 is 9.53 Å². The highest BCUT2D eigenvalue weighted by atomic mass is 16.5. The van der Waals surface area contributed by atoms with Crippen LogP contribution in [0.4, 0.5) is 0 Å². The molecule has 0 unspecified atom stereocenters. The Morgan fingerprint density at radius 3 is 2.86 bits per heavy atom. The van der Waals surface area contributed by atoms with Gasteiger partial charge in [0.2, 0.25) is 5.91 Å². The van der Waals surface area contributed by atoms with Gasteiger partial charge in [0.15, 0.2) is 0 Å². The van der Waals surface area contributed by atoms with Crippen molar-refractivity contribution in [3.05, 3.63) is 51.6 Å². The van der Waals surface area contributed by atoms with E-state index in [1.54, 1.807) is 10.9 Å². The predicted octanol–water partition coefficient (Wildman–Crippen LogP) is 1.80. The van der Waals surface area contributed by atoms with Crippen molar-refractivity contribution >= 4 is 16.8 Å². The zero-order valence-electron chi connectivity index (χ0n) is 16.9. The number of rotatable bonds is 5. The molecule has 3 aromatic rings. The van der Waals surface area contributed by atoms with Crippen LogP contribution in [0.5, 0.6) is 0 Å². The minimum Gasteiger partial charge on any atom is -0.376 e. The quantitative estimate of drug-likeness (QED) is 0.711. The molecule has 1 atom stereocenters. The van der Waals surface area contributed by atoms with E-state index in [0.29, 0.717) is 23.1 Å². The Labute approximate surface area is 168 Å². The molecule has 1 aromatic carbocycles. The van der Waals surface area contributed by atoms with E-state index in [9.17, 15) is 9.59 Å². The number of amides is 1. The Bertz CT molecular complexity index is 1130. The van der Waals surface area contributed by atoms with Gasteiger partial charge < -0.3 is 10.1 Å². The van der Waals surface area contributed by atoms with E-state index in [4.69, 9.17) is 4.74 Å². The van der Waals surface area contributed by atoms with Gasteiger partial charge >= 0.3 is 0 Å². The van der Waals surface area contributed by atoms with Gasteiger partial charge in [0.1, 0.15) is 12.1 Å². The third-order valence-corrected chi connectivity index (χ3v) is 5.29. The highest BCUT2D eigenvalue weighted by Crippen LogP contribution is 2.20. The lowest BCUT2D eigenvalue weighted by atomic mass is 10.1. The lowest BCUT2D eigenvalue weighted by Crippen LogP contribution is -2.37. The van der Waals surface area contributed by atoms with Gasteiger partial charge in [0.05, 0.1) is 23.7 Å². The second-order valence-corrected chi connectivity index (χ2v) is 7.60. The summed E-state index contributed by atoms with van der Waals surface area (Å²) in [5, 5.41) is 12.3. The average Bonchev–Trinajstić information content (AvgIpc) is 3.34. The molecule has 1 saturated heterocycles. The third kappa shape index (κ3) is 3.80. The van der Waals surface area contributed by atoms with Crippen LogP contribution in [0.1, 0.15) is 29.7 Å². The molecule has 152 valence electrons. The molecule has 1 fully saturated rings. The molecule has 1 N–H and O–H groups in total. The topological polar surface area (TPSA) is 91.0 Å². The zero-order valence-corrected chi connectivity index (χ0v) is 16.9. The molecule has 8 heteroatoms.